The molecule has 1 aliphatic rings. The molecule has 1 aromatic rings. The summed E-state index contributed by atoms with van der Waals surface area (Å²) in [5.41, 5.74) is -1.47. The second-order valence-corrected chi connectivity index (χ2v) is 5.00. The summed E-state index contributed by atoms with van der Waals surface area (Å²) in [4.78, 5) is 15.5. The summed E-state index contributed by atoms with van der Waals surface area (Å²) in [7, 11) is -4.36. The highest BCUT2D eigenvalue weighted by atomic mass is 32.2. The van der Waals surface area contributed by atoms with Crippen LogP contribution in [0.4, 0.5) is 13.2 Å². The van der Waals surface area contributed by atoms with Crippen LogP contribution in [-0.2, 0) is 10.1 Å². The van der Waals surface area contributed by atoms with Gasteiger partial charge in [0.25, 0.3) is 0 Å². The first kappa shape index (κ1) is 17.1. The van der Waals surface area contributed by atoms with E-state index < -0.39 is 32.7 Å². The van der Waals surface area contributed by atoms with E-state index in [0.29, 0.717) is 0 Å². The summed E-state index contributed by atoms with van der Waals surface area (Å²) in [5, 5.41) is 4.23. The molecule has 2 rings (SSSR count). The lowest BCUT2D eigenvalue weighted by Gasteiger charge is -2.18. The lowest BCUT2D eigenvalue weighted by Crippen LogP contribution is -2.38. The molecule has 0 atom stereocenters. The minimum absolute atomic E-state index is 0.186. The molecule has 0 spiro atoms. The number of alkyl halides is 3. The van der Waals surface area contributed by atoms with E-state index in [2.05, 4.69) is 20.6 Å². The van der Waals surface area contributed by atoms with Crippen molar-refractivity contribution in [2.24, 2.45) is 0 Å². The van der Waals surface area contributed by atoms with Crippen molar-refractivity contribution in [2.45, 2.75) is 11.2 Å². The molecule has 21 heavy (non-hydrogen) atoms. The van der Waals surface area contributed by atoms with Gasteiger partial charge >= 0.3 is 22.0 Å². The Balaban J connectivity index is 0.000000211. The number of allylic oxidation sites excluding steroid dienone is 1. The molecule has 0 saturated carbocycles. The van der Waals surface area contributed by atoms with Crippen molar-refractivity contribution >= 4 is 10.1 Å². The quantitative estimate of drug-likeness (QED) is 0.408. The van der Waals surface area contributed by atoms with E-state index in [1.54, 1.807) is 0 Å². The highest BCUT2D eigenvalue weighted by molar-refractivity contribution is 7.85. The molecule has 2 heterocycles. The average Bonchev–Trinajstić information content (AvgIpc) is 2.38. The number of aromatic nitrogens is 2. The number of nitrogens with one attached hydrogen (secondary N) is 3. The standard InChI is InChI=1S/C5H7F3N2.C4H4N2O4S/c6-5(7,8)4-1-2-9-3-10-4;7-4-5-2-1-3(6-4)11(8,9)10/h1,9-10H,2-3H2;1-2H,(H,5,6,7)(H,8,9,10). The third-order valence-electron chi connectivity index (χ3n) is 2.07. The van der Waals surface area contributed by atoms with E-state index in [4.69, 9.17) is 4.55 Å². The van der Waals surface area contributed by atoms with Crippen LogP contribution in [0, 0.1) is 0 Å². The van der Waals surface area contributed by atoms with Gasteiger partial charge in [0.05, 0.1) is 6.67 Å². The lowest BCUT2D eigenvalue weighted by molar-refractivity contribution is -0.0977. The van der Waals surface area contributed by atoms with Gasteiger partial charge < -0.3 is 10.3 Å². The van der Waals surface area contributed by atoms with Gasteiger partial charge in [-0.3, -0.25) is 9.87 Å². The third-order valence-corrected chi connectivity index (χ3v) is 2.82. The van der Waals surface area contributed by atoms with Gasteiger partial charge in [0, 0.05) is 12.7 Å². The molecule has 0 radical (unpaired) electrons. The molecule has 0 aliphatic carbocycles. The first-order chi connectivity index (χ1) is 9.60. The maximum absolute atomic E-state index is 11.8. The van der Waals surface area contributed by atoms with Crippen LogP contribution >= 0.6 is 0 Å². The van der Waals surface area contributed by atoms with Crippen LogP contribution in [0.3, 0.4) is 0 Å². The fraction of sp³-hybridized carbons (Fsp3) is 0.333. The molecule has 1 aromatic heterocycles. The van der Waals surface area contributed by atoms with Crippen molar-refractivity contribution in [3.05, 3.63) is 34.5 Å². The topological polar surface area (TPSA) is 124 Å². The fourth-order valence-corrected chi connectivity index (χ4v) is 1.63. The van der Waals surface area contributed by atoms with E-state index in [9.17, 15) is 26.4 Å². The lowest BCUT2D eigenvalue weighted by atomic mass is 10.3. The molecule has 118 valence electrons. The minimum atomic E-state index is -4.36. The van der Waals surface area contributed by atoms with Crippen LogP contribution in [0.2, 0.25) is 0 Å². The van der Waals surface area contributed by atoms with Gasteiger partial charge in [0.1, 0.15) is 5.70 Å². The van der Waals surface area contributed by atoms with E-state index in [1.165, 1.54) is 0 Å². The van der Waals surface area contributed by atoms with Gasteiger partial charge in [-0.1, -0.05) is 0 Å². The number of halogens is 3. The molecule has 8 nitrogen and oxygen atoms in total. The van der Waals surface area contributed by atoms with Crippen molar-refractivity contribution < 1.29 is 26.1 Å². The number of rotatable bonds is 1. The molecule has 0 unspecified atom stereocenters. The molecule has 0 fully saturated rings. The zero-order valence-corrected chi connectivity index (χ0v) is 11.1. The van der Waals surface area contributed by atoms with Gasteiger partial charge in [0.2, 0.25) is 0 Å². The SMILES string of the molecule is FC(F)(F)C1=CCNCN1.O=c1nc(S(=O)(=O)O)cc[nH]1. The first-order valence-electron chi connectivity index (χ1n) is 5.36. The number of hydrogen-bond acceptors (Lipinski definition) is 6. The Morgan fingerprint density at radius 2 is 2.00 bits per heavy atom. The predicted octanol–water partition coefficient (Wildman–Crippen LogP) is -0.400. The number of H-pyrrole nitrogens is 1. The number of nitrogens with zero attached hydrogens (tertiary/aromatic N) is 1. The summed E-state index contributed by atoms with van der Waals surface area (Å²) in [6.07, 6.45) is -2.05. The van der Waals surface area contributed by atoms with Crippen molar-refractivity contribution in [3.8, 4) is 0 Å². The van der Waals surface area contributed by atoms with E-state index in [-0.39, 0.29) is 13.2 Å². The Bertz CT molecular complexity index is 668. The van der Waals surface area contributed by atoms with E-state index in [1.807, 2.05) is 0 Å². The average molecular weight is 328 g/mol. The highest BCUT2D eigenvalue weighted by Gasteiger charge is 2.33. The molecule has 0 amide bonds. The first-order valence-corrected chi connectivity index (χ1v) is 6.80. The summed E-state index contributed by atoms with van der Waals surface area (Å²) < 4.78 is 64.4. The zero-order chi connectivity index (χ0) is 16.1. The van der Waals surface area contributed by atoms with Crippen molar-refractivity contribution in [3.63, 3.8) is 0 Å². The minimum Gasteiger partial charge on any atom is -0.369 e. The Hall–Kier alpha value is -1.92. The van der Waals surface area contributed by atoms with Crippen LogP contribution in [0.5, 0.6) is 0 Å². The van der Waals surface area contributed by atoms with Crippen molar-refractivity contribution in [2.75, 3.05) is 13.2 Å². The molecule has 0 aromatic carbocycles. The fourth-order valence-electron chi connectivity index (χ4n) is 1.19. The van der Waals surface area contributed by atoms with E-state index in [0.717, 1.165) is 18.3 Å². The van der Waals surface area contributed by atoms with Crippen LogP contribution in [0.25, 0.3) is 0 Å². The summed E-state index contributed by atoms with van der Waals surface area (Å²) >= 11 is 0. The smallest absolute Gasteiger partial charge is 0.369 e. The van der Waals surface area contributed by atoms with Crippen LogP contribution in [0.15, 0.2) is 33.9 Å². The largest absolute Gasteiger partial charge is 0.430 e. The van der Waals surface area contributed by atoms with Crippen molar-refractivity contribution in [1.29, 1.82) is 0 Å². The van der Waals surface area contributed by atoms with Crippen LogP contribution in [0.1, 0.15) is 0 Å². The van der Waals surface area contributed by atoms with Gasteiger partial charge in [-0.2, -0.15) is 26.6 Å². The third kappa shape index (κ3) is 5.93. The van der Waals surface area contributed by atoms with Gasteiger partial charge in [-0.25, -0.2) is 4.79 Å². The Morgan fingerprint density at radius 1 is 1.33 bits per heavy atom. The van der Waals surface area contributed by atoms with Crippen LogP contribution < -0.4 is 16.3 Å². The summed E-state index contributed by atoms with van der Waals surface area (Å²) in [6, 6.07) is 0.983. The molecule has 0 saturated heterocycles. The summed E-state index contributed by atoms with van der Waals surface area (Å²) in [6.45, 7) is 0.465. The Morgan fingerprint density at radius 3 is 2.33 bits per heavy atom. The summed E-state index contributed by atoms with van der Waals surface area (Å²) in [5.74, 6) is 0. The molecule has 1 aliphatic heterocycles. The number of hydrogen-bond donors (Lipinski definition) is 4. The van der Waals surface area contributed by atoms with Gasteiger partial charge in [-0.15, -0.1) is 0 Å². The van der Waals surface area contributed by atoms with E-state index >= 15 is 0 Å². The monoisotopic (exact) mass is 328 g/mol. The normalized spacial score (nSPS) is 15.3. The second kappa shape index (κ2) is 6.69. The Kier molecular flexibility index (Phi) is 5.46. The maximum atomic E-state index is 11.8. The zero-order valence-electron chi connectivity index (χ0n) is 10.3. The highest BCUT2D eigenvalue weighted by Crippen LogP contribution is 2.23. The second-order valence-electron chi connectivity index (χ2n) is 3.63. The molecular formula is C9H11F3N4O4S. The molecule has 12 heteroatoms. The van der Waals surface area contributed by atoms with Crippen LogP contribution in [-0.4, -0.2) is 42.3 Å². The van der Waals surface area contributed by atoms with Gasteiger partial charge in [-0.05, 0) is 12.1 Å². The molecule has 0 bridgehead atoms. The van der Waals surface area contributed by atoms with Crippen molar-refractivity contribution in [1.82, 2.24) is 20.6 Å². The Labute approximate surface area is 116 Å². The van der Waals surface area contributed by atoms with Gasteiger partial charge in [0.15, 0.2) is 5.03 Å². The molecule has 4 N–H and O–H groups in total. The maximum Gasteiger partial charge on any atom is 0.430 e. The predicted molar refractivity (Wildman–Crippen MR) is 64.8 cm³/mol. The number of aromatic amines is 1. The molecular weight excluding hydrogens is 317 g/mol.